The maximum atomic E-state index is 12.4. The summed E-state index contributed by atoms with van der Waals surface area (Å²) in [5.41, 5.74) is 5.53. The largest absolute Gasteiger partial charge is 0.341 e. The fourth-order valence-electron chi connectivity index (χ4n) is 4.26. The minimum Gasteiger partial charge on any atom is -0.341 e. The van der Waals surface area contributed by atoms with E-state index in [-0.39, 0.29) is 30.7 Å². The van der Waals surface area contributed by atoms with E-state index >= 15 is 0 Å². The molecule has 4 rings (SSSR count). The molecule has 1 aromatic rings. The average molecular weight is 419 g/mol. The number of hydrogen-bond acceptors (Lipinski definition) is 5. The number of nitrogens with zero attached hydrogens (tertiary/aromatic N) is 5. The normalized spacial score (nSPS) is 22.2. The van der Waals surface area contributed by atoms with Gasteiger partial charge in [-0.2, -0.15) is 0 Å². The van der Waals surface area contributed by atoms with Crippen molar-refractivity contribution in [3.05, 3.63) is 11.6 Å². The maximum absolute atomic E-state index is 12.4. The van der Waals surface area contributed by atoms with Crippen LogP contribution >= 0.6 is 24.8 Å². The highest BCUT2D eigenvalue weighted by atomic mass is 35.5. The molecule has 2 N–H and O–H groups in total. The molecule has 0 bridgehead atoms. The standard InChI is InChI=1S/C18H30N6O.2ClH/c1-2-24-15(13-22-9-3-4-10-22)20-21-16(24)14-5-11-23(12-6-14)17(25)18(19)7-8-18;;/h14H,2-13,19H2,1H3;2*1H. The Hall–Kier alpha value is -0.890. The highest BCUT2D eigenvalue weighted by Gasteiger charge is 2.48. The summed E-state index contributed by atoms with van der Waals surface area (Å²) in [6.07, 6.45) is 6.20. The number of aromatic nitrogens is 3. The smallest absolute Gasteiger partial charge is 0.242 e. The molecular formula is C18H32Cl2N6O. The first kappa shape index (κ1) is 22.4. The predicted molar refractivity (Wildman–Crippen MR) is 109 cm³/mol. The van der Waals surface area contributed by atoms with Crippen molar-refractivity contribution in [2.45, 2.75) is 70.0 Å². The SMILES string of the molecule is CCn1c(CN2CCCC2)nnc1C1CCN(C(=O)C2(N)CC2)CC1.Cl.Cl. The molecule has 9 heteroatoms. The lowest BCUT2D eigenvalue weighted by Gasteiger charge is -2.33. The zero-order valence-corrected chi connectivity index (χ0v) is 17.7. The van der Waals surface area contributed by atoms with E-state index in [0.717, 1.165) is 63.5 Å². The van der Waals surface area contributed by atoms with Gasteiger partial charge in [0.15, 0.2) is 0 Å². The molecule has 1 aromatic heterocycles. The lowest BCUT2D eigenvalue weighted by Crippen LogP contribution is -2.48. The van der Waals surface area contributed by atoms with Crippen molar-refractivity contribution in [1.82, 2.24) is 24.6 Å². The van der Waals surface area contributed by atoms with Crippen LogP contribution in [0.25, 0.3) is 0 Å². The molecule has 0 unspecified atom stereocenters. The highest BCUT2D eigenvalue weighted by molar-refractivity contribution is 5.89. The third-order valence-corrected chi connectivity index (χ3v) is 6.10. The molecule has 2 saturated heterocycles. The van der Waals surface area contributed by atoms with E-state index in [1.54, 1.807) is 0 Å². The molecule has 0 atom stereocenters. The van der Waals surface area contributed by atoms with Crippen molar-refractivity contribution in [2.75, 3.05) is 26.2 Å². The van der Waals surface area contributed by atoms with Crippen molar-refractivity contribution in [2.24, 2.45) is 5.73 Å². The lowest BCUT2D eigenvalue weighted by atomic mass is 9.95. The van der Waals surface area contributed by atoms with Gasteiger partial charge in [0.2, 0.25) is 5.91 Å². The van der Waals surface area contributed by atoms with Crippen LogP contribution < -0.4 is 5.73 Å². The Balaban J connectivity index is 0.00000131. The first-order valence-corrected chi connectivity index (χ1v) is 9.83. The van der Waals surface area contributed by atoms with Crippen molar-refractivity contribution in [1.29, 1.82) is 0 Å². The second-order valence-electron chi connectivity index (χ2n) is 7.92. The number of halogens is 2. The average Bonchev–Trinajstić information content (AvgIpc) is 3.03. The number of carbonyl (C=O) groups excluding carboxylic acids is 1. The van der Waals surface area contributed by atoms with Gasteiger partial charge >= 0.3 is 0 Å². The molecule has 1 saturated carbocycles. The van der Waals surface area contributed by atoms with Crippen LogP contribution in [0, 0.1) is 0 Å². The number of nitrogens with two attached hydrogens (primary N) is 1. The van der Waals surface area contributed by atoms with Crippen LogP contribution in [0.15, 0.2) is 0 Å². The van der Waals surface area contributed by atoms with Crippen LogP contribution in [-0.2, 0) is 17.9 Å². The Morgan fingerprint density at radius 1 is 1.11 bits per heavy atom. The molecule has 2 aliphatic heterocycles. The van der Waals surface area contributed by atoms with Gasteiger partial charge < -0.3 is 15.2 Å². The number of likely N-dealkylation sites (tertiary alicyclic amines) is 2. The molecule has 0 radical (unpaired) electrons. The number of piperidine rings is 1. The number of rotatable bonds is 5. The van der Waals surface area contributed by atoms with Gasteiger partial charge in [-0.3, -0.25) is 9.69 Å². The fraction of sp³-hybridized carbons (Fsp3) is 0.833. The highest BCUT2D eigenvalue weighted by Crippen LogP contribution is 2.36. The first-order chi connectivity index (χ1) is 12.1. The molecule has 0 spiro atoms. The van der Waals surface area contributed by atoms with E-state index in [0.29, 0.717) is 5.92 Å². The zero-order valence-electron chi connectivity index (χ0n) is 16.1. The van der Waals surface area contributed by atoms with Crippen LogP contribution in [0.2, 0.25) is 0 Å². The Morgan fingerprint density at radius 3 is 2.30 bits per heavy atom. The molecule has 0 aromatic carbocycles. The third kappa shape index (κ3) is 4.58. The number of carbonyl (C=O) groups is 1. The van der Waals surface area contributed by atoms with Gasteiger partial charge in [-0.05, 0) is 58.5 Å². The second-order valence-corrected chi connectivity index (χ2v) is 7.92. The van der Waals surface area contributed by atoms with Gasteiger partial charge in [-0.1, -0.05) is 0 Å². The summed E-state index contributed by atoms with van der Waals surface area (Å²) in [7, 11) is 0. The summed E-state index contributed by atoms with van der Waals surface area (Å²) < 4.78 is 2.30. The Kier molecular flexibility index (Phi) is 7.53. The molecule has 1 aliphatic carbocycles. The summed E-state index contributed by atoms with van der Waals surface area (Å²) in [5.74, 6) is 2.75. The third-order valence-electron chi connectivity index (χ3n) is 6.10. The summed E-state index contributed by atoms with van der Waals surface area (Å²) in [5, 5.41) is 9.04. The molecular weight excluding hydrogens is 387 g/mol. The van der Waals surface area contributed by atoms with Crippen molar-refractivity contribution in [3.63, 3.8) is 0 Å². The van der Waals surface area contributed by atoms with Gasteiger partial charge in [0.05, 0.1) is 12.1 Å². The summed E-state index contributed by atoms with van der Waals surface area (Å²) >= 11 is 0. The predicted octanol–water partition coefficient (Wildman–Crippen LogP) is 1.93. The van der Waals surface area contributed by atoms with Crippen LogP contribution in [0.4, 0.5) is 0 Å². The van der Waals surface area contributed by atoms with E-state index in [1.807, 2.05) is 4.90 Å². The molecule has 3 fully saturated rings. The fourth-order valence-corrected chi connectivity index (χ4v) is 4.26. The molecule has 3 aliphatic rings. The molecule has 7 nitrogen and oxygen atoms in total. The van der Waals surface area contributed by atoms with Crippen molar-refractivity contribution < 1.29 is 4.79 Å². The van der Waals surface area contributed by atoms with Crippen molar-refractivity contribution in [3.8, 4) is 0 Å². The number of amides is 1. The van der Waals surface area contributed by atoms with E-state index in [1.165, 1.54) is 25.9 Å². The topological polar surface area (TPSA) is 80.3 Å². The van der Waals surface area contributed by atoms with Gasteiger partial charge in [0.25, 0.3) is 0 Å². The Bertz CT molecular complexity index is 634. The van der Waals surface area contributed by atoms with E-state index in [4.69, 9.17) is 5.73 Å². The van der Waals surface area contributed by atoms with Crippen LogP contribution in [0.3, 0.4) is 0 Å². The maximum Gasteiger partial charge on any atom is 0.242 e. The zero-order chi connectivity index (χ0) is 17.4. The minimum absolute atomic E-state index is 0. The quantitative estimate of drug-likeness (QED) is 0.789. The molecule has 27 heavy (non-hydrogen) atoms. The minimum atomic E-state index is -0.542. The molecule has 1 amide bonds. The lowest BCUT2D eigenvalue weighted by molar-refractivity contribution is -0.134. The van der Waals surface area contributed by atoms with Gasteiger partial charge in [-0.25, -0.2) is 0 Å². The van der Waals surface area contributed by atoms with Crippen LogP contribution in [-0.4, -0.2) is 62.2 Å². The number of hydrogen-bond donors (Lipinski definition) is 1. The first-order valence-electron chi connectivity index (χ1n) is 9.83. The Labute approximate surface area is 173 Å². The summed E-state index contributed by atoms with van der Waals surface area (Å²) in [4.78, 5) is 16.8. The summed E-state index contributed by atoms with van der Waals surface area (Å²) in [6, 6.07) is 0. The van der Waals surface area contributed by atoms with Crippen LogP contribution in [0.1, 0.15) is 63.0 Å². The van der Waals surface area contributed by atoms with E-state index in [2.05, 4.69) is 26.6 Å². The van der Waals surface area contributed by atoms with Gasteiger partial charge in [0, 0.05) is 25.6 Å². The monoisotopic (exact) mass is 418 g/mol. The van der Waals surface area contributed by atoms with Crippen LogP contribution in [0.5, 0.6) is 0 Å². The van der Waals surface area contributed by atoms with Gasteiger partial charge in [0.1, 0.15) is 11.6 Å². The molecule has 3 heterocycles. The van der Waals surface area contributed by atoms with Gasteiger partial charge in [-0.15, -0.1) is 35.0 Å². The Morgan fingerprint density at radius 2 is 1.74 bits per heavy atom. The second kappa shape index (κ2) is 9.07. The van der Waals surface area contributed by atoms with E-state index in [9.17, 15) is 4.79 Å². The van der Waals surface area contributed by atoms with Crippen molar-refractivity contribution >= 4 is 30.7 Å². The summed E-state index contributed by atoms with van der Waals surface area (Å²) in [6.45, 7) is 7.93. The van der Waals surface area contributed by atoms with E-state index < -0.39 is 5.54 Å². The molecule has 154 valence electrons.